The molecule has 2 rings (SSSR count). The number of nitrogens with one attached hydrogen (secondary N) is 1. The minimum atomic E-state index is 0.321. The van der Waals surface area contributed by atoms with E-state index in [0.717, 1.165) is 18.5 Å². The van der Waals surface area contributed by atoms with Crippen molar-refractivity contribution in [3.8, 4) is 5.88 Å². The maximum atomic E-state index is 5.73. The average molecular weight is 250 g/mol. The monoisotopic (exact) mass is 250 g/mol. The Morgan fingerprint density at radius 1 is 1.33 bits per heavy atom. The second-order valence-electron chi connectivity index (χ2n) is 4.89. The maximum absolute atomic E-state index is 5.73. The van der Waals surface area contributed by atoms with Crippen LogP contribution in [0.25, 0.3) is 0 Å². The van der Waals surface area contributed by atoms with E-state index in [0.29, 0.717) is 30.7 Å². The summed E-state index contributed by atoms with van der Waals surface area (Å²) in [6.07, 6.45) is 4.55. The molecule has 1 aromatic heterocycles. The molecule has 100 valence electrons. The van der Waals surface area contributed by atoms with Crippen molar-refractivity contribution in [2.75, 3.05) is 11.9 Å². The second-order valence-corrected chi connectivity index (χ2v) is 4.89. The van der Waals surface area contributed by atoms with Crippen LogP contribution in [0.3, 0.4) is 0 Å². The number of pyridine rings is 1. The molecule has 0 spiro atoms. The zero-order valence-electron chi connectivity index (χ0n) is 11.3. The Morgan fingerprint density at radius 2 is 2.06 bits per heavy atom. The quantitative estimate of drug-likeness (QED) is 0.892. The van der Waals surface area contributed by atoms with Gasteiger partial charge in [0.05, 0.1) is 30.7 Å². The predicted octanol–water partition coefficient (Wildman–Crippen LogP) is 2.85. The number of rotatable bonds is 4. The van der Waals surface area contributed by atoms with Gasteiger partial charge in [-0.15, -0.1) is 0 Å². The molecule has 0 saturated carbocycles. The van der Waals surface area contributed by atoms with Gasteiger partial charge in [0.1, 0.15) is 0 Å². The number of anilines is 1. The molecule has 18 heavy (non-hydrogen) atoms. The predicted molar refractivity (Wildman–Crippen MR) is 72.1 cm³/mol. The summed E-state index contributed by atoms with van der Waals surface area (Å²) < 4.78 is 11.1. The molecule has 2 atom stereocenters. The van der Waals surface area contributed by atoms with E-state index >= 15 is 0 Å². The van der Waals surface area contributed by atoms with Crippen molar-refractivity contribution in [3.05, 3.63) is 18.3 Å². The number of nitrogens with zero attached hydrogens (tertiary/aromatic N) is 1. The van der Waals surface area contributed by atoms with E-state index in [-0.39, 0.29) is 0 Å². The summed E-state index contributed by atoms with van der Waals surface area (Å²) in [6.45, 7) is 6.86. The molecule has 1 N–H and O–H groups in total. The van der Waals surface area contributed by atoms with Crippen LogP contribution in [-0.2, 0) is 4.74 Å². The first kappa shape index (κ1) is 13.1. The molecule has 4 nitrogen and oxygen atoms in total. The Morgan fingerprint density at radius 3 is 2.61 bits per heavy atom. The highest BCUT2D eigenvalue weighted by atomic mass is 16.5. The Balaban J connectivity index is 1.92. The van der Waals surface area contributed by atoms with Gasteiger partial charge in [-0.2, -0.15) is 0 Å². The van der Waals surface area contributed by atoms with Crippen LogP contribution in [0.2, 0.25) is 0 Å². The van der Waals surface area contributed by atoms with E-state index in [4.69, 9.17) is 9.47 Å². The van der Waals surface area contributed by atoms with Crippen molar-refractivity contribution in [2.24, 2.45) is 0 Å². The summed E-state index contributed by atoms with van der Waals surface area (Å²) in [6, 6.07) is 4.38. The molecule has 1 fully saturated rings. The SMILES string of the molecule is CCOc1ccc(NC2CC(C)OC(C)C2)cn1. The summed E-state index contributed by atoms with van der Waals surface area (Å²) in [4.78, 5) is 4.26. The zero-order chi connectivity index (χ0) is 13.0. The molecular formula is C14H22N2O2. The Hall–Kier alpha value is -1.29. The summed E-state index contributed by atoms with van der Waals surface area (Å²) in [5.41, 5.74) is 1.05. The van der Waals surface area contributed by atoms with Gasteiger partial charge in [-0.1, -0.05) is 0 Å². The lowest BCUT2D eigenvalue weighted by atomic mass is 10.00. The number of aromatic nitrogens is 1. The van der Waals surface area contributed by atoms with Crippen LogP contribution >= 0.6 is 0 Å². The minimum Gasteiger partial charge on any atom is -0.478 e. The van der Waals surface area contributed by atoms with E-state index in [1.165, 1.54) is 0 Å². The average Bonchev–Trinajstić information content (AvgIpc) is 2.31. The molecule has 4 heteroatoms. The lowest BCUT2D eigenvalue weighted by molar-refractivity contribution is -0.0337. The molecule has 1 aliphatic heterocycles. The zero-order valence-corrected chi connectivity index (χ0v) is 11.3. The van der Waals surface area contributed by atoms with Gasteiger partial charge in [0.2, 0.25) is 5.88 Å². The van der Waals surface area contributed by atoms with Crippen LogP contribution in [-0.4, -0.2) is 29.8 Å². The molecule has 1 aliphatic rings. The smallest absolute Gasteiger partial charge is 0.213 e. The second kappa shape index (κ2) is 6.05. The topological polar surface area (TPSA) is 43.4 Å². The summed E-state index contributed by atoms with van der Waals surface area (Å²) >= 11 is 0. The van der Waals surface area contributed by atoms with Gasteiger partial charge in [0, 0.05) is 12.1 Å². The third kappa shape index (κ3) is 3.60. The normalized spacial score (nSPS) is 27.8. The van der Waals surface area contributed by atoms with Crippen molar-refractivity contribution in [3.63, 3.8) is 0 Å². The molecule has 2 unspecified atom stereocenters. The molecule has 0 radical (unpaired) electrons. The molecule has 1 aromatic rings. The van der Waals surface area contributed by atoms with Crippen LogP contribution in [0.4, 0.5) is 5.69 Å². The number of hydrogen-bond acceptors (Lipinski definition) is 4. The van der Waals surface area contributed by atoms with Crippen LogP contribution in [0.1, 0.15) is 33.6 Å². The van der Waals surface area contributed by atoms with Gasteiger partial charge in [0.25, 0.3) is 0 Å². The van der Waals surface area contributed by atoms with Crippen molar-refractivity contribution < 1.29 is 9.47 Å². The molecule has 1 saturated heterocycles. The van der Waals surface area contributed by atoms with E-state index in [1.807, 2.05) is 25.3 Å². The minimum absolute atomic E-state index is 0.321. The van der Waals surface area contributed by atoms with E-state index in [2.05, 4.69) is 24.1 Å². The van der Waals surface area contributed by atoms with Crippen molar-refractivity contribution in [1.29, 1.82) is 0 Å². The molecule has 0 amide bonds. The molecule has 0 aliphatic carbocycles. The van der Waals surface area contributed by atoms with Gasteiger partial charge in [-0.3, -0.25) is 0 Å². The van der Waals surface area contributed by atoms with Gasteiger partial charge < -0.3 is 14.8 Å². The third-order valence-corrected chi connectivity index (χ3v) is 3.10. The fourth-order valence-corrected chi connectivity index (χ4v) is 2.46. The van der Waals surface area contributed by atoms with E-state index in [9.17, 15) is 0 Å². The van der Waals surface area contributed by atoms with Gasteiger partial charge in [-0.25, -0.2) is 4.98 Å². The highest BCUT2D eigenvalue weighted by molar-refractivity contribution is 5.43. The first-order valence-corrected chi connectivity index (χ1v) is 6.68. The number of ether oxygens (including phenoxy) is 2. The van der Waals surface area contributed by atoms with Crippen LogP contribution in [0.5, 0.6) is 5.88 Å². The molecular weight excluding hydrogens is 228 g/mol. The highest BCUT2D eigenvalue weighted by Gasteiger charge is 2.24. The maximum Gasteiger partial charge on any atom is 0.213 e. The van der Waals surface area contributed by atoms with Gasteiger partial charge >= 0.3 is 0 Å². The lowest BCUT2D eigenvalue weighted by Crippen LogP contribution is -2.36. The van der Waals surface area contributed by atoms with Crippen molar-refractivity contribution in [1.82, 2.24) is 4.98 Å². The Labute approximate surface area is 109 Å². The molecule has 2 heterocycles. The third-order valence-electron chi connectivity index (χ3n) is 3.10. The summed E-state index contributed by atoms with van der Waals surface area (Å²) in [5.74, 6) is 0.678. The number of hydrogen-bond donors (Lipinski definition) is 1. The van der Waals surface area contributed by atoms with E-state index in [1.54, 1.807) is 0 Å². The molecule has 0 bridgehead atoms. The van der Waals surface area contributed by atoms with Crippen LogP contribution in [0.15, 0.2) is 18.3 Å². The largest absolute Gasteiger partial charge is 0.478 e. The Bertz CT molecular complexity index is 357. The standard InChI is InChI=1S/C14H22N2O2/c1-4-17-14-6-5-12(9-15-14)16-13-7-10(2)18-11(3)8-13/h5-6,9-11,13,16H,4,7-8H2,1-3H3. The van der Waals surface area contributed by atoms with Crippen LogP contribution in [0, 0.1) is 0 Å². The fraction of sp³-hybridized carbons (Fsp3) is 0.643. The van der Waals surface area contributed by atoms with Gasteiger partial charge in [-0.05, 0) is 39.7 Å². The van der Waals surface area contributed by atoms with E-state index < -0.39 is 0 Å². The summed E-state index contributed by atoms with van der Waals surface area (Å²) in [7, 11) is 0. The highest BCUT2D eigenvalue weighted by Crippen LogP contribution is 2.22. The Kier molecular flexibility index (Phi) is 4.42. The van der Waals surface area contributed by atoms with Crippen LogP contribution < -0.4 is 10.1 Å². The lowest BCUT2D eigenvalue weighted by Gasteiger charge is -2.33. The van der Waals surface area contributed by atoms with Gasteiger partial charge in [0.15, 0.2) is 0 Å². The molecule has 0 aromatic carbocycles. The first-order valence-electron chi connectivity index (χ1n) is 6.68. The fourth-order valence-electron chi connectivity index (χ4n) is 2.46. The summed E-state index contributed by atoms with van der Waals surface area (Å²) in [5, 5.41) is 3.51. The first-order chi connectivity index (χ1) is 8.67. The van der Waals surface area contributed by atoms with Crippen molar-refractivity contribution >= 4 is 5.69 Å². The van der Waals surface area contributed by atoms with Crippen molar-refractivity contribution in [2.45, 2.75) is 51.9 Å².